The molecule has 2 aliphatic heterocycles. The molecule has 0 aliphatic carbocycles. The maximum Gasteiger partial charge on any atom is 0.232 e. The topological polar surface area (TPSA) is 111 Å². The Morgan fingerprint density at radius 3 is 2.53 bits per heavy atom. The van der Waals surface area contributed by atoms with Crippen molar-refractivity contribution in [2.24, 2.45) is 0 Å². The first kappa shape index (κ1) is 22.2. The number of benzene rings is 2. The highest BCUT2D eigenvalue weighted by Gasteiger charge is 2.20. The van der Waals surface area contributed by atoms with Crippen LogP contribution in [-0.2, 0) is 13.1 Å². The minimum absolute atomic E-state index is 0.197. The highest BCUT2D eigenvalue weighted by molar-refractivity contribution is 5.62. The van der Waals surface area contributed by atoms with Gasteiger partial charge in [-0.3, -0.25) is 9.80 Å². The highest BCUT2D eigenvalue weighted by Crippen LogP contribution is 2.33. The maximum absolute atomic E-state index is 5.98. The van der Waals surface area contributed by atoms with Crippen LogP contribution in [0.2, 0.25) is 0 Å². The number of rotatable bonds is 8. The summed E-state index contributed by atoms with van der Waals surface area (Å²) in [6, 6.07) is 13.8. The van der Waals surface area contributed by atoms with Gasteiger partial charge in [0.2, 0.25) is 18.7 Å². The molecule has 1 aromatic heterocycles. The van der Waals surface area contributed by atoms with E-state index in [1.165, 1.54) is 5.56 Å². The Kier molecular flexibility index (Phi) is 6.59. The zero-order valence-corrected chi connectivity index (χ0v) is 19.2. The Bertz CT molecular complexity index is 1140. The summed E-state index contributed by atoms with van der Waals surface area (Å²) in [5, 5.41) is 3.21. The van der Waals surface area contributed by atoms with Crippen molar-refractivity contribution in [1.29, 1.82) is 0 Å². The lowest BCUT2D eigenvalue weighted by Gasteiger charge is -2.34. The summed E-state index contributed by atoms with van der Waals surface area (Å²) in [5.41, 5.74) is 8.00. The molecule has 0 atom stereocenters. The number of hydrogen-bond acceptors (Lipinski definition) is 10. The van der Waals surface area contributed by atoms with Crippen molar-refractivity contribution in [3.8, 4) is 17.2 Å². The minimum Gasteiger partial charge on any atom is -0.492 e. The van der Waals surface area contributed by atoms with Crippen LogP contribution in [0.3, 0.4) is 0 Å². The highest BCUT2D eigenvalue weighted by atomic mass is 16.7. The standard InChI is InChI=1S/C24H29N7O3/c1-2-32-19-6-4-3-5-18(19)26-24-28-22(27-23(25)29-24)15-31-11-9-30(10-12-31)14-17-7-8-20-21(13-17)34-16-33-20/h3-8,13H,2,9-12,14-16H2,1H3,(H3,25,26,27,28,29). The van der Waals surface area contributed by atoms with Crippen molar-refractivity contribution in [2.45, 2.75) is 20.0 Å². The Hall–Kier alpha value is -3.63. The molecule has 10 nitrogen and oxygen atoms in total. The van der Waals surface area contributed by atoms with Crippen LogP contribution in [0.25, 0.3) is 0 Å². The predicted octanol–water partition coefficient (Wildman–Crippen LogP) is 2.64. The number of nitrogens with one attached hydrogen (secondary N) is 1. The molecular weight excluding hydrogens is 434 g/mol. The fraction of sp³-hybridized carbons (Fsp3) is 0.375. The molecule has 3 heterocycles. The van der Waals surface area contributed by atoms with Crippen LogP contribution in [0.5, 0.6) is 17.2 Å². The third-order valence-electron chi connectivity index (χ3n) is 5.81. The number of aromatic nitrogens is 3. The molecule has 0 spiro atoms. The van der Waals surface area contributed by atoms with Gasteiger partial charge in [0.25, 0.3) is 0 Å². The van der Waals surface area contributed by atoms with E-state index in [1.807, 2.05) is 37.3 Å². The Balaban J connectivity index is 1.17. The van der Waals surface area contributed by atoms with Gasteiger partial charge in [0.05, 0.1) is 18.8 Å². The maximum atomic E-state index is 5.98. The molecule has 0 saturated carbocycles. The number of piperazine rings is 1. The smallest absolute Gasteiger partial charge is 0.232 e. The van der Waals surface area contributed by atoms with Crippen LogP contribution in [0.15, 0.2) is 42.5 Å². The molecule has 2 aliphatic rings. The van der Waals surface area contributed by atoms with Gasteiger partial charge in [-0.25, -0.2) is 0 Å². The van der Waals surface area contributed by atoms with Crippen molar-refractivity contribution in [2.75, 3.05) is 50.6 Å². The van der Waals surface area contributed by atoms with Gasteiger partial charge >= 0.3 is 0 Å². The van der Waals surface area contributed by atoms with Crippen LogP contribution in [-0.4, -0.2) is 64.3 Å². The Morgan fingerprint density at radius 1 is 0.941 bits per heavy atom. The molecule has 1 saturated heterocycles. The van der Waals surface area contributed by atoms with Crippen LogP contribution in [0.4, 0.5) is 17.6 Å². The second-order valence-corrected chi connectivity index (χ2v) is 8.23. The molecule has 3 aromatic rings. The van der Waals surface area contributed by atoms with E-state index in [2.05, 4.69) is 42.2 Å². The van der Waals surface area contributed by atoms with Crippen LogP contribution in [0, 0.1) is 0 Å². The van der Waals surface area contributed by atoms with Crippen molar-refractivity contribution >= 4 is 17.6 Å². The van der Waals surface area contributed by atoms with Gasteiger partial charge in [0.1, 0.15) is 11.6 Å². The molecule has 10 heteroatoms. The van der Waals surface area contributed by atoms with E-state index in [4.69, 9.17) is 19.9 Å². The molecule has 1 fully saturated rings. The average Bonchev–Trinajstić information content (AvgIpc) is 3.29. The molecule has 34 heavy (non-hydrogen) atoms. The molecular formula is C24H29N7O3. The summed E-state index contributed by atoms with van der Waals surface area (Å²) in [4.78, 5) is 18.0. The third-order valence-corrected chi connectivity index (χ3v) is 5.81. The lowest BCUT2D eigenvalue weighted by atomic mass is 10.1. The lowest BCUT2D eigenvalue weighted by Crippen LogP contribution is -2.45. The molecule has 0 unspecified atom stereocenters. The minimum atomic E-state index is 0.197. The fourth-order valence-corrected chi connectivity index (χ4v) is 4.14. The van der Waals surface area contributed by atoms with E-state index >= 15 is 0 Å². The summed E-state index contributed by atoms with van der Waals surface area (Å²) < 4.78 is 16.6. The van der Waals surface area contributed by atoms with Gasteiger partial charge in [-0.1, -0.05) is 18.2 Å². The Morgan fingerprint density at radius 2 is 1.71 bits per heavy atom. The first-order chi connectivity index (χ1) is 16.7. The largest absolute Gasteiger partial charge is 0.492 e. The SMILES string of the molecule is CCOc1ccccc1Nc1nc(N)nc(CN2CCN(Cc3ccc4c(c3)OCO4)CC2)n1. The van der Waals surface area contributed by atoms with Crippen molar-refractivity contribution < 1.29 is 14.2 Å². The van der Waals surface area contributed by atoms with Crippen LogP contribution in [0.1, 0.15) is 18.3 Å². The van der Waals surface area contributed by atoms with E-state index in [0.29, 0.717) is 31.7 Å². The van der Waals surface area contributed by atoms with Crippen molar-refractivity contribution in [1.82, 2.24) is 24.8 Å². The zero-order chi connectivity index (χ0) is 23.3. The van der Waals surface area contributed by atoms with E-state index in [-0.39, 0.29) is 5.95 Å². The van der Waals surface area contributed by atoms with E-state index in [1.54, 1.807) is 0 Å². The monoisotopic (exact) mass is 463 g/mol. The number of anilines is 3. The van der Waals surface area contributed by atoms with Crippen molar-refractivity contribution in [3.05, 3.63) is 53.9 Å². The molecule has 0 bridgehead atoms. The summed E-state index contributed by atoms with van der Waals surface area (Å²) in [5.74, 6) is 3.65. The lowest BCUT2D eigenvalue weighted by molar-refractivity contribution is 0.120. The number of fused-ring (bicyclic) bond motifs is 1. The third kappa shape index (κ3) is 5.29. The van der Waals surface area contributed by atoms with Crippen LogP contribution < -0.4 is 25.3 Å². The second-order valence-electron chi connectivity index (χ2n) is 8.23. The molecule has 2 aromatic carbocycles. The zero-order valence-electron chi connectivity index (χ0n) is 19.2. The number of nitrogen functional groups attached to an aromatic ring is 1. The number of nitrogens with zero attached hydrogens (tertiary/aromatic N) is 5. The molecule has 0 radical (unpaired) electrons. The van der Waals surface area contributed by atoms with E-state index < -0.39 is 0 Å². The van der Waals surface area contributed by atoms with Gasteiger partial charge in [-0.15, -0.1) is 0 Å². The summed E-state index contributed by atoms with van der Waals surface area (Å²) in [6.07, 6.45) is 0. The molecule has 0 amide bonds. The van der Waals surface area contributed by atoms with Gasteiger partial charge in [-0.05, 0) is 36.8 Å². The number of nitrogens with two attached hydrogens (primary N) is 1. The van der Waals surface area contributed by atoms with Gasteiger partial charge in [0, 0.05) is 32.7 Å². The quantitative estimate of drug-likeness (QED) is 0.517. The van der Waals surface area contributed by atoms with E-state index in [9.17, 15) is 0 Å². The first-order valence-corrected chi connectivity index (χ1v) is 11.5. The van der Waals surface area contributed by atoms with Gasteiger partial charge in [0.15, 0.2) is 11.5 Å². The average molecular weight is 464 g/mol. The normalized spacial score (nSPS) is 15.9. The van der Waals surface area contributed by atoms with Gasteiger partial charge < -0.3 is 25.3 Å². The number of ether oxygens (including phenoxy) is 3. The first-order valence-electron chi connectivity index (χ1n) is 11.5. The summed E-state index contributed by atoms with van der Waals surface area (Å²) in [6.45, 7) is 8.09. The van der Waals surface area contributed by atoms with Gasteiger partial charge in [-0.2, -0.15) is 15.0 Å². The molecule has 5 rings (SSSR count). The van der Waals surface area contributed by atoms with Crippen LogP contribution >= 0.6 is 0 Å². The molecule has 178 valence electrons. The second kappa shape index (κ2) is 10.1. The summed E-state index contributed by atoms with van der Waals surface area (Å²) in [7, 11) is 0. The Labute approximate surface area is 198 Å². The number of hydrogen-bond donors (Lipinski definition) is 2. The van der Waals surface area contributed by atoms with E-state index in [0.717, 1.165) is 55.7 Å². The molecule has 3 N–H and O–H groups in total. The van der Waals surface area contributed by atoms with Crippen molar-refractivity contribution in [3.63, 3.8) is 0 Å². The number of para-hydroxylation sites is 2. The predicted molar refractivity (Wildman–Crippen MR) is 128 cm³/mol. The summed E-state index contributed by atoms with van der Waals surface area (Å²) >= 11 is 0. The fourth-order valence-electron chi connectivity index (χ4n) is 4.14.